The summed E-state index contributed by atoms with van der Waals surface area (Å²) in [5.74, 6) is 1.73. The Morgan fingerprint density at radius 1 is 1.29 bits per heavy atom. The molecule has 0 aliphatic rings. The first-order chi connectivity index (χ1) is 8.15. The highest BCUT2D eigenvalue weighted by molar-refractivity contribution is 9.10. The summed E-state index contributed by atoms with van der Waals surface area (Å²) in [7, 11) is 0. The summed E-state index contributed by atoms with van der Waals surface area (Å²) in [6.07, 6.45) is 1.68. The Morgan fingerprint density at radius 3 is 2.82 bits per heavy atom. The van der Waals surface area contributed by atoms with Crippen molar-refractivity contribution in [3.63, 3.8) is 0 Å². The Labute approximate surface area is 107 Å². The van der Waals surface area contributed by atoms with E-state index in [0.717, 1.165) is 38.2 Å². The minimum atomic E-state index is 0.854. The van der Waals surface area contributed by atoms with E-state index in [1.54, 1.807) is 6.26 Å². The van der Waals surface area contributed by atoms with Crippen LogP contribution in [-0.2, 0) is 0 Å². The van der Waals surface area contributed by atoms with E-state index >= 15 is 0 Å². The van der Waals surface area contributed by atoms with Gasteiger partial charge in [-0.05, 0) is 37.6 Å². The van der Waals surface area contributed by atoms with Gasteiger partial charge in [-0.1, -0.05) is 15.9 Å². The summed E-state index contributed by atoms with van der Waals surface area (Å²) in [4.78, 5) is 7.94. The Morgan fingerprint density at radius 2 is 2.12 bits per heavy atom. The van der Waals surface area contributed by atoms with Crippen LogP contribution in [0.15, 0.2) is 33.4 Å². The van der Waals surface area contributed by atoms with Crippen molar-refractivity contribution < 1.29 is 4.42 Å². The third-order valence-corrected chi connectivity index (χ3v) is 3.31. The SMILES string of the molecule is Cc1occc1-c1nc2c(C)cc(Br)cc2[nH]1. The van der Waals surface area contributed by atoms with Gasteiger partial charge in [-0.3, -0.25) is 0 Å². The first-order valence-electron chi connectivity index (χ1n) is 5.35. The second-order valence-corrected chi connectivity index (χ2v) is 5.01. The molecule has 2 heterocycles. The van der Waals surface area contributed by atoms with Crippen LogP contribution in [0.3, 0.4) is 0 Å². The van der Waals surface area contributed by atoms with Crippen molar-refractivity contribution in [1.82, 2.24) is 9.97 Å². The number of nitrogens with one attached hydrogen (secondary N) is 1. The molecule has 1 N–H and O–H groups in total. The van der Waals surface area contributed by atoms with Gasteiger partial charge in [-0.15, -0.1) is 0 Å². The molecule has 3 aromatic rings. The smallest absolute Gasteiger partial charge is 0.142 e. The summed E-state index contributed by atoms with van der Waals surface area (Å²) in [6, 6.07) is 6.03. The zero-order valence-corrected chi connectivity index (χ0v) is 11.1. The number of imidazole rings is 1. The fraction of sp³-hybridized carbons (Fsp3) is 0.154. The van der Waals surface area contributed by atoms with Gasteiger partial charge in [-0.2, -0.15) is 0 Å². The molecule has 1 aromatic carbocycles. The van der Waals surface area contributed by atoms with Crippen LogP contribution in [0.25, 0.3) is 22.4 Å². The summed E-state index contributed by atoms with van der Waals surface area (Å²) in [6.45, 7) is 3.99. The van der Waals surface area contributed by atoms with Crippen molar-refractivity contribution in [2.45, 2.75) is 13.8 Å². The number of aromatic nitrogens is 2. The van der Waals surface area contributed by atoms with E-state index in [-0.39, 0.29) is 0 Å². The lowest BCUT2D eigenvalue weighted by Gasteiger charge is -1.94. The standard InChI is InChI=1S/C13H11BrN2O/c1-7-5-9(14)6-11-12(7)16-13(15-11)10-3-4-17-8(10)2/h3-6H,1-2H3,(H,15,16). The molecule has 2 aromatic heterocycles. The lowest BCUT2D eigenvalue weighted by atomic mass is 10.2. The van der Waals surface area contributed by atoms with E-state index < -0.39 is 0 Å². The molecule has 0 fully saturated rings. The molecule has 0 aliphatic heterocycles. The maximum Gasteiger partial charge on any atom is 0.142 e. The van der Waals surface area contributed by atoms with Crippen LogP contribution in [0.1, 0.15) is 11.3 Å². The Balaban J connectivity index is 2.27. The van der Waals surface area contributed by atoms with Crippen LogP contribution >= 0.6 is 15.9 Å². The highest BCUT2D eigenvalue weighted by Gasteiger charge is 2.11. The fourth-order valence-corrected chi connectivity index (χ4v) is 2.58. The van der Waals surface area contributed by atoms with Gasteiger partial charge in [-0.25, -0.2) is 4.98 Å². The van der Waals surface area contributed by atoms with Gasteiger partial charge in [0.05, 0.1) is 22.9 Å². The molecular weight excluding hydrogens is 280 g/mol. The van der Waals surface area contributed by atoms with Crippen molar-refractivity contribution in [1.29, 1.82) is 0 Å². The van der Waals surface area contributed by atoms with E-state index in [1.165, 1.54) is 0 Å². The first kappa shape index (κ1) is 10.6. The molecule has 0 unspecified atom stereocenters. The van der Waals surface area contributed by atoms with E-state index in [0.29, 0.717) is 0 Å². The molecule has 86 valence electrons. The molecule has 17 heavy (non-hydrogen) atoms. The molecule has 0 aliphatic carbocycles. The molecule has 4 heteroatoms. The summed E-state index contributed by atoms with van der Waals surface area (Å²) >= 11 is 3.49. The van der Waals surface area contributed by atoms with Gasteiger partial charge in [0.25, 0.3) is 0 Å². The Kier molecular flexibility index (Phi) is 2.33. The molecule has 0 bridgehead atoms. The minimum Gasteiger partial charge on any atom is -0.469 e. The van der Waals surface area contributed by atoms with Crippen LogP contribution < -0.4 is 0 Å². The quantitative estimate of drug-likeness (QED) is 0.730. The number of hydrogen-bond acceptors (Lipinski definition) is 2. The molecule has 0 saturated heterocycles. The maximum absolute atomic E-state index is 5.30. The maximum atomic E-state index is 5.30. The molecular formula is C13H11BrN2O. The number of hydrogen-bond donors (Lipinski definition) is 1. The van der Waals surface area contributed by atoms with Crippen molar-refractivity contribution in [3.05, 3.63) is 40.3 Å². The average molecular weight is 291 g/mol. The summed E-state index contributed by atoms with van der Waals surface area (Å²) in [5.41, 5.74) is 4.20. The zero-order chi connectivity index (χ0) is 12.0. The van der Waals surface area contributed by atoms with Crippen LogP contribution in [0.5, 0.6) is 0 Å². The second kappa shape index (κ2) is 3.74. The van der Waals surface area contributed by atoms with Gasteiger partial charge >= 0.3 is 0 Å². The number of fused-ring (bicyclic) bond motifs is 1. The molecule has 0 spiro atoms. The van der Waals surface area contributed by atoms with Gasteiger partial charge in [0, 0.05) is 4.47 Å². The van der Waals surface area contributed by atoms with Crippen molar-refractivity contribution in [2.75, 3.05) is 0 Å². The predicted octanol–water partition coefficient (Wildman–Crippen LogP) is 4.20. The third-order valence-electron chi connectivity index (χ3n) is 2.86. The van der Waals surface area contributed by atoms with Crippen LogP contribution in [0, 0.1) is 13.8 Å². The van der Waals surface area contributed by atoms with Crippen LogP contribution in [-0.4, -0.2) is 9.97 Å². The predicted molar refractivity (Wildman–Crippen MR) is 71.0 cm³/mol. The average Bonchev–Trinajstić information content (AvgIpc) is 2.83. The summed E-state index contributed by atoms with van der Waals surface area (Å²) < 4.78 is 6.36. The topological polar surface area (TPSA) is 41.8 Å². The van der Waals surface area contributed by atoms with Crippen LogP contribution in [0.2, 0.25) is 0 Å². The number of furan rings is 1. The number of rotatable bonds is 1. The molecule has 0 amide bonds. The normalized spacial score (nSPS) is 11.2. The van der Waals surface area contributed by atoms with Crippen molar-refractivity contribution in [2.24, 2.45) is 0 Å². The van der Waals surface area contributed by atoms with Gasteiger partial charge in [0.2, 0.25) is 0 Å². The van der Waals surface area contributed by atoms with E-state index in [4.69, 9.17) is 4.42 Å². The Hall–Kier alpha value is -1.55. The lowest BCUT2D eigenvalue weighted by molar-refractivity contribution is 0.535. The molecule has 0 radical (unpaired) electrons. The number of nitrogens with zero attached hydrogens (tertiary/aromatic N) is 1. The number of H-pyrrole nitrogens is 1. The minimum absolute atomic E-state index is 0.854. The number of aryl methyl sites for hydroxylation is 2. The highest BCUT2D eigenvalue weighted by Crippen LogP contribution is 2.27. The van der Waals surface area contributed by atoms with Crippen LogP contribution in [0.4, 0.5) is 0 Å². The first-order valence-corrected chi connectivity index (χ1v) is 6.15. The largest absolute Gasteiger partial charge is 0.469 e. The van der Waals surface area contributed by atoms with E-state index in [9.17, 15) is 0 Å². The van der Waals surface area contributed by atoms with Crippen molar-refractivity contribution >= 4 is 27.0 Å². The molecule has 3 nitrogen and oxygen atoms in total. The van der Waals surface area contributed by atoms with Gasteiger partial charge in [0.15, 0.2) is 0 Å². The lowest BCUT2D eigenvalue weighted by Crippen LogP contribution is -1.79. The number of halogens is 1. The third kappa shape index (κ3) is 1.69. The fourth-order valence-electron chi connectivity index (χ4n) is 2.00. The summed E-state index contributed by atoms with van der Waals surface area (Å²) in [5, 5.41) is 0. The molecule has 0 saturated carbocycles. The van der Waals surface area contributed by atoms with Gasteiger partial charge < -0.3 is 9.40 Å². The number of benzene rings is 1. The Bertz CT molecular complexity index is 697. The van der Waals surface area contributed by atoms with E-state index in [2.05, 4.69) is 38.9 Å². The van der Waals surface area contributed by atoms with E-state index in [1.807, 2.05) is 19.1 Å². The van der Waals surface area contributed by atoms with Crippen molar-refractivity contribution in [3.8, 4) is 11.4 Å². The second-order valence-electron chi connectivity index (χ2n) is 4.09. The monoisotopic (exact) mass is 290 g/mol. The zero-order valence-electron chi connectivity index (χ0n) is 9.54. The van der Waals surface area contributed by atoms with Gasteiger partial charge in [0.1, 0.15) is 11.6 Å². The molecule has 0 atom stereocenters. The highest BCUT2D eigenvalue weighted by atomic mass is 79.9. The number of aromatic amines is 1. The molecule has 3 rings (SSSR count).